The molecule has 22 heavy (non-hydrogen) atoms. The van der Waals surface area contributed by atoms with Crippen LogP contribution in [0.3, 0.4) is 0 Å². The van der Waals surface area contributed by atoms with Gasteiger partial charge < -0.3 is 9.72 Å². The van der Waals surface area contributed by atoms with E-state index in [4.69, 9.17) is 4.74 Å². The summed E-state index contributed by atoms with van der Waals surface area (Å²) in [6, 6.07) is 16.2. The van der Waals surface area contributed by atoms with Crippen molar-refractivity contribution in [2.45, 2.75) is 9.92 Å². The number of rotatable bonds is 4. The summed E-state index contributed by atoms with van der Waals surface area (Å²) < 4.78 is 5.18. The number of thiol groups is 1. The van der Waals surface area contributed by atoms with Crippen molar-refractivity contribution in [3.05, 3.63) is 48.5 Å². The fraction of sp³-hybridized carbons (Fsp3) is 0.118. The molecule has 5 heteroatoms. The summed E-state index contributed by atoms with van der Waals surface area (Å²) in [5.74, 6) is 1.65. The maximum atomic E-state index is 5.18. The van der Waals surface area contributed by atoms with Crippen molar-refractivity contribution in [3.8, 4) is 28.4 Å². The summed E-state index contributed by atoms with van der Waals surface area (Å²) in [7, 11) is 1.66. The molecule has 3 rings (SSSR count). The first-order chi connectivity index (χ1) is 10.7. The topological polar surface area (TPSA) is 37.9 Å². The highest BCUT2D eigenvalue weighted by Gasteiger charge is 2.11. The molecule has 0 saturated carbocycles. The number of H-pyrrole nitrogens is 1. The van der Waals surface area contributed by atoms with Gasteiger partial charge >= 0.3 is 0 Å². The predicted molar refractivity (Wildman–Crippen MR) is 95.0 cm³/mol. The standard InChI is InChI=1S/C17H16N2OS2/c1-20-13-7-3-11(4-8-13)15-17(21)19-16(18-15)12-5-9-14(22-2)10-6-12/h3-10,21H,1-2H3,(H,18,19). The summed E-state index contributed by atoms with van der Waals surface area (Å²) in [4.78, 5) is 9.11. The first kappa shape index (κ1) is 15.1. The number of benzene rings is 2. The summed E-state index contributed by atoms with van der Waals surface area (Å²) in [6.45, 7) is 0. The number of hydrogen-bond donors (Lipinski definition) is 2. The molecule has 112 valence electrons. The summed E-state index contributed by atoms with van der Waals surface area (Å²) >= 11 is 6.21. The van der Waals surface area contributed by atoms with E-state index in [1.807, 2.05) is 24.3 Å². The zero-order valence-corrected chi connectivity index (χ0v) is 14.0. The number of aromatic nitrogens is 2. The Hall–Kier alpha value is -1.85. The van der Waals surface area contributed by atoms with Gasteiger partial charge in [-0.25, -0.2) is 4.98 Å². The number of aromatic amines is 1. The second-order valence-corrected chi connectivity index (χ2v) is 6.04. The number of imidazole rings is 1. The van der Waals surface area contributed by atoms with Gasteiger partial charge in [0.1, 0.15) is 16.6 Å². The molecule has 0 saturated heterocycles. The molecule has 0 fully saturated rings. The van der Waals surface area contributed by atoms with Crippen LogP contribution in [0.2, 0.25) is 0 Å². The molecule has 0 aliphatic carbocycles. The van der Waals surface area contributed by atoms with E-state index < -0.39 is 0 Å². The SMILES string of the molecule is COc1ccc(-c2[nH]c(-c3ccc(SC)cc3)nc2S)cc1. The van der Waals surface area contributed by atoms with E-state index in [1.165, 1.54) is 4.90 Å². The first-order valence-electron chi connectivity index (χ1n) is 6.79. The van der Waals surface area contributed by atoms with Gasteiger partial charge in [-0.1, -0.05) is 12.1 Å². The molecule has 0 radical (unpaired) electrons. The molecule has 0 bridgehead atoms. The lowest BCUT2D eigenvalue weighted by molar-refractivity contribution is 0.415. The van der Waals surface area contributed by atoms with Gasteiger partial charge in [-0.2, -0.15) is 0 Å². The smallest absolute Gasteiger partial charge is 0.139 e. The van der Waals surface area contributed by atoms with E-state index in [0.717, 1.165) is 28.4 Å². The van der Waals surface area contributed by atoms with E-state index in [2.05, 4.69) is 53.1 Å². The van der Waals surface area contributed by atoms with Crippen molar-refractivity contribution in [3.63, 3.8) is 0 Å². The Balaban J connectivity index is 1.95. The zero-order valence-electron chi connectivity index (χ0n) is 12.3. The molecule has 0 aliphatic heterocycles. The third-order valence-electron chi connectivity index (χ3n) is 3.43. The van der Waals surface area contributed by atoms with Crippen LogP contribution in [0.1, 0.15) is 0 Å². The molecule has 0 atom stereocenters. The van der Waals surface area contributed by atoms with Gasteiger partial charge in [0.25, 0.3) is 0 Å². The van der Waals surface area contributed by atoms with E-state index >= 15 is 0 Å². The van der Waals surface area contributed by atoms with Crippen LogP contribution in [0.5, 0.6) is 5.75 Å². The second kappa shape index (κ2) is 6.50. The Labute approximate surface area is 139 Å². The highest BCUT2D eigenvalue weighted by molar-refractivity contribution is 7.98. The van der Waals surface area contributed by atoms with Gasteiger partial charge in [0, 0.05) is 16.0 Å². The van der Waals surface area contributed by atoms with Gasteiger partial charge in [-0.05, 0) is 42.7 Å². The van der Waals surface area contributed by atoms with Crippen molar-refractivity contribution in [1.82, 2.24) is 9.97 Å². The van der Waals surface area contributed by atoms with Crippen LogP contribution in [0, 0.1) is 0 Å². The lowest BCUT2D eigenvalue weighted by Crippen LogP contribution is -1.84. The summed E-state index contributed by atoms with van der Waals surface area (Å²) in [5, 5.41) is 0.689. The minimum absolute atomic E-state index is 0.689. The molecular weight excluding hydrogens is 312 g/mol. The Bertz CT molecular complexity index is 764. The molecule has 0 amide bonds. The van der Waals surface area contributed by atoms with Crippen LogP contribution in [0.25, 0.3) is 22.6 Å². The maximum Gasteiger partial charge on any atom is 0.139 e. The quantitative estimate of drug-likeness (QED) is 0.535. The lowest BCUT2D eigenvalue weighted by atomic mass is 10.1. The van der Waals surface area contributed by atoms with Gasteiger partial charge in [0.2, 0.25) is 0 Å². The van der Waals surface area contributed by atoms with Crippen molar-refractivity contribution in [1.29, 1.82) is 0 Å². The second-order valence-electron chi connectivity index (χ2n) is 4.74. The number of nitrogens with zero attached hydrogens (tertiary/aromatic N) is 1. The maximum absolute atomic E-state index is 5.18. The Morgan fingerprint density at radius 3 is 2.23 bits per heavy atom. The molecule has 0 spiro atoms. The van der Waals surface area contributed by atoms with Crippen molar-refractivity contribution in [2.24, 2.45) is 0 Å². The van der Waals surface area contributed by atoms with Gasteiger partial charge in [0.15, 0.2) is 0 Å². The first-order valence-corrected chi connectivity index (χ1v) is 8.46. The molecule has 0 aliphatic rings. The summed E-state index contributed by atoms with van der Waals surface area (Å²) in [6.07, 6.45) is 2.06. The average Bonchev–Trinajstić information content (AvgIpc) is 2.97. The molecule has 3 nitrogen and oxygen atoms in total. The number of ether oxygens (including phenoxy) is 1. The highest BCUT2D eigenvalue weighted by Crippen LogP contribution is 2.30. The average molecular weight is 328 g/mol. The highest BCUT2D eigenvalue weighted by atomic mass is 32.2. The predicted octanol–water partition coefficient (Wildman–Crippen LogP) is 4.76. The fourth-order valence-electron chi connectivity index (χ4n) is 2.21. The minimum Gasteiger partial charge on any atom is -0.497 e. The molecule has 2 aromatic carbocycles. The number of hydrogen-bond acceptors (Lipinski definition) is 4. The van der Waals surface area contributed by atoms with Crippen LogP contribution in [-0.4, -0.2) is 23.3 Å². The lowest BCUT2D eigenvalue weighted by Gasteiger charge is -2.02. The molecule has 1 heterocycles. The molecule has 0 unspecified atom stereocenters. The third-order valence-corrected chi connectivity index (χ3v) is 4.49. The fourth-order valence-corrected chi connectivity index (χ4v) is 2.90. The van der Waals surface area contributed by atoms with Crippen LogP contribution >= 0.6 is 24.4 Å². The Kier molecular flexibility index (Phi) is 4.45. The molecule has 1 aromatic heterocycles. The Morgan fingerprint density at radius 1 is 1.00 bits per heavy atom. The number of nitrogens with one attached hydrogen (secondary N) is 1. The molecule has 1 N–H and O–H groups in total. The zero-order chi connectivity index (χ0) is 15.5. The van der Waals surface area contributed by atoms with Gasteiger partial charge in [-0.15, -0.1) is 24.4 Å². The van der Waals surface area contributed by atoms with Crippen molar-refractivity contribution >= 4 is 24.4 Å². The van der Waals surface area contributed by atoms with E-state index in [-0.39, 0.29) is 0 Å². The molecule has 3 aromatic rings. The van der Waals surface area contributed by atoms with Crippen LogP contribution < -0.4 is 4.74 Å². The van der Waals surface area contributed by atoms with E-state index in [9.17, 15) is 0 Å². The Morgan fingerprint density at radius 2 is 1.64 bits per heavy atom. The van der Waals surface area contributed by atoms with E-state index in [1.54, 1.807) is 18.9 Å². The van der Waals surface area contributed by atoms with Crippen LogP contribution in [-0.2, 0) is 0 Å². The summed E-state index contributed by atoms with van der Waals surface area (Å²) in [5.41, 5.74) is 2.99. The van der Waals surface area contributed by atoms with Crippen molar-refractivity contribution in [2.75, 3.05) is 13.4 Å². The number of methoxy groups -OCH3 is 1. The number of thioether (sulfide) groups is 1. The van der Waals surface area contributed by atoms with Gasteiger partial charge in [0.05, 0.1) is 12.8 Å². The largest absolute Gasteiger partial charge is 0.497 e. The monoisotopic (exact) mass is 328 g/mol. The van der Waals surface area contributed by atoms with Crippen LogP contribution in [0.15, 0.2) is 58.5 Å². The van der Waals surface area contributed by atoms with Gasteiger partial charge in [-0.3, -0.25) is 0 Å². The molecular formula is C17H16N2OS2. The van der Waals surface area contributed by atoms with E-state index in [0.29, 0.717) is 5.03 Å². The van der Waals surface area contributed by atoms with Crippen molar-refractivity contribution < 1.29 is 4.74 Å². The van der Waals surface area contributed by atoms with Crippen LogP contribution in [0.4, 0.5) is 0 Å². The normalized spacial score (nSPS) is 10.7. The third kappa shape index (κ3) is 3.00. The minimum atomic E-state index is 0.689.